The SMILES string of the molecule is CCN1CCOc2ccc(NS(=O)(=O)Cc3cccc(Cl)c3)cc2C1=O. The number of likely N-dealkylation sites (N-methyl/N-ethyl adjacent to an activating group) is 1. The molecule has 8 heteroatoms. The van der Waals surface area contributed by atoms with Crippen molar-refractivity contribution in [3.63, 3.8) is 0 Å². The lowest BCUT2D eigenvalue weighted by molar-refractivity contribution is 0.0765. The molecule has 0 aliphatic carbocycles. The highest BCUT2D eigenvalue weighted by Gasteiger charge is 2.23. The van der Waals surface area contributed by atoms with Crippen LogP contribution in [-0.4, -0.2) is 38.9 Å². The number of nitrogens with one attached hydrogen (secondary N) is 1. The number of anilines is 1. The lowest BCUT2D eigenvalue weighted by Gasteiger charge is -2.17. The van der Waals surface area contributed by atoms with Crippen molar-refractivity contribution in [3.05, 3.63) is 58.6 Å². The number of sulfonamides is 1. The van der Waals surface area contributed by atoms with Crippen LogP contribution < -0.4 is 9.46 Å². The Morgan fingerprint density at radius 2 is 2.04 bits per heavy atom. The van der Waals surface area contributed by atoms with E-state index in [0.717, 1.165) is 0 Å². The summed E-state index contributed by atoms with van der Waals surface area (Å²) in [5, 5.41) is 0.477. The number of rotatable bonds is 5. The molecule has 1 heterocycles. The number of amides is 1. The van der Waals surface area contributed by atoms with Gasteiger partial charge in [0.15, 0.2) is 0 Å². The minimum absolute atomic E-state index is 0.170. The summed E-state index contributed by atoms with van der Waals surface area (Å²) in [7, 11) is -3.65. The van der Waals surface area contributed by atoms with Crippen molar-refractivity contribution in [2.45, 2.75) is 12.7 Å². The molecule has 6 nitrogen and oxygen atoms in total. The Labute approximate surface area is 157 Å². The highest BCUT2D eigenvalue weighted by molar-refractivity contribution is 7.91. The van der Waals surface area contributed by atoms with Gasteiger partial charge in [0.1, 0.15) is 12.4 Å². The molecule has 0 saturated carbocycles. The molecule has 2 aromatic rings. The van der Waals surface area contributed by atoms with Crippen LogP contribution in [0, 0.1) is 0 Å². The smallest absolute Gasteiger partial charge is 0.257 e. The van der Waals surface area contributed by atoms with Crippen LogP contribution in [0.15, 0.2) is 42.5 Å². The van der Waals surface area contributed by atoms with Crippen molar-refractivity contribution >= 4 is 33.2 Å². The fourth-order valence-electron chi connectivity index (χ4n) is 2.79. The highest BCUT2D eigenvalue weighted by Crippen LogP contribution is 2.27. The maximum atomic E-state index is 12.6. The van der Waals surface area contributed by atoms with Gasteiger partial charge in [-0.15, -0.1) is 0 Å². The third kappa shape index (κ3) is 4.28. The summed E-state index contributed by atoms with van der Waals surface area (Å²) in [6.45, 7) is 3.36. The van der Waals surface area contributed by atoms with Crippen LogP contribution in [0.1, 0.15) is 22.8 Å². The standard InChI is InChI=1S/C18H19ClN2O4S/c1-2-21-8-9-25-17-7-6-15(11-16(17)18(21)22)20-26(23,24)12-13-4-3-5-14(19)10-13/h3-7,10-11,20H,2,8-9,12H2,1H3. The van der Waals surface area contributed by atoms with Crippen molar-refractivity contribution in [1.29, 1.82) is 0 Å². The van der Waals surface area contributed by atoms with Gasteiger partial charge in [0.25, 0.3) is 5.91 Å². The molecule has 1 aliphatic heterocycles. The van der Waals surface area contributed by atoms with Crippen LogP contribution in [-0.2, 0) is 15.8 Å². The van der Waals surface area contributed by atoms with Crippen LogP contribution in [0.5, 0.6) is 5.75 Å². The van der Waals surface area contributed by atoms with Crippen molar-refractivity contribution in [2.75, 3.05) is 24.4 Å². The number of carbonyl (C=O) groups excluding carboxylic acids is 1. The molecule has 3 rings (SSSR count). The van der Waals surface area contributed by atoms with Crippen LogP contribution >= 0.6 is 11.6 Å². The largest absolute Gasteiger partial charge is 0.491 e. The molecule has 0 aromatic heterocycles. The first-order chi connectivity index (χ1) is 12.4. The number of ether oxygens (including phenoxy) is 1. The van der Waals surface area contributed by atoms with Gasteiger partial charge < -0.3 is 9.64 Å². The first-order valence-electron chi connectivity index (χ1n) is 8.19. The summed E-state index contributed by atoms with van der Waals surface area (Å²) in [5.41, 5.74) is 1.25. The van der Waals surface area contributed by atoms with Gasteiger partial charge in [0.05, 0.1) is 17.9 Å². The summed E-state index contributed by atoms with van der Waals surface area (Å²) in [5.74, 6) is 0.0792. The van der Waals surface area contributed by atoms with Crippen LogP contribution in [0.3, 0.4) is 0 Å². The Morgan fingerprint density at radius 3 is 2.77 bits per heavy atom. The lowest BCUT2D eigenvalue weighted by Crippen LogP contribution is -2.32. The molecule has 0 bridgehead atoms. The van der Waals surface area contributed by atoms with E-state index in [4.69, 9.17) is 16.3 Å². The zero-order valence-corrected chi connectivity index (χ0v) is 15.8. The summed E-state index contributed by atoms with van der Waals surface area (Å²) >= 11 is 5.90. The lowest BCUT2D eigenvalue weighted by atomic mass is 10.1. The van der Waals surface area contributed by atoms with E-state index in [2.05, 4.69) is 4.72 Å². The molecule has 26 heavy (non-hydrogen) atoms. The summed E-state index contributed by atoms with van der Waals surface area (Å²) in [6, 6.07) is 11.4. The first-order valence-corrected chi connectivity index (χ1v) is 10.2. The summed E-state index contributed by atoms with van der Waals surface area (Å²) < 4.78 is 33.0. The topological polar surface area (TPSA) is 75.7 Å². The molecule has 1 amide bonds. The maximum Gasteiger partial charge on any atom is 0.257 e. The number of halogens is 1. The molecule has 1 aliphatic rings. The van der Waals surface area contributed by atoms with Crippen molar-refractivity contribution < 1.29 is 17.9 Å². The Morgan fingerprint density at radius 1 is 1.23 bits per heavy atom. The quantitative estimate of drug-likeness (QED) is 0.845. The number of carbonyl (C=O) groups is 1. The second-order valence-corrected chi connectivity index (χ2v) is 8.09. The Hall–Kier alpha value is -2.25. The average Bonchev–Trinajstić information content (AvgIpc) is 2.73. The van der Waals surface area contributed by atoms with E-state index in [1.165, 1.54) is 6.07 Å². The molecule has 2 aromatic carbocycles. The predicted octanol–water partition coefficient (Wildman–Crippen LogP) is 3.14. The third-order valence-corrected chi connectivity index (χ3v) is 5.51. The third-order valence-electron chi connectivity index (χ3n) is 4.02. The monoisotopic (exact) mass is 394 g/mol. The number of benzene rings is 2. The maximum absolute atomic E-state index is 12.6. The van der Waals surface area contributed by atoms with Crippen LogP contribution in [0.25, 0.3) is 0 Å². The Bertz CT molecular complexity index is 931. The van der Waals surface area contributed by atoms with E-state index in [-0.39, 0.29) is 11.7 Å². The second-order valence-electron chi connectivity index (χ2n) is 5.94. The fourth-order valence-corrected chi connectivity index (χ4v) is 4.18. The summed E-state index contributed by atoms with van der Waals surface area (Å²) in [4.78, 5) is 14.2. The van der Waals surface area contributed by atoms with Gasteiger partial charge in [-0.05, 0) is 42.8 Å². The highest BCUT2D eigenvalue weighted by atomic mass is 35.5. The van der Waals surface area contributed by atoms with Crippen LogP contribution in [0.2, 0.25) is 5.02 Å². The van der Waals surface area contributed by atoms with E-state index in [1.54, 1.807) is 41.3 Å². The molecule has 0 atom stereocenters. The molecule has 1 N–H and O–H groups in total. The molecule has 0 unspecified atom stereocenters. The number of nitrogens with zero attached hydrogens (tertiary/aromatic N) is 1. The van der Waals surface area contributed by atoms with Gasteiger partial charge in [0.2, 0.25) is 10.0 Å². The normalized spacial score (nSPS) is 14.4. The van der Waals surface area contributed by atoms with Gasteiger partial charge in [-0.3, -0.25) is 9.52 Å². The second kappa shape index (κ2) is 7.55. The van der Waals surface area contributed by atoms with E-state index in [0.29, 0.717) is 47.3 Å². The van der Waals surface area contributed by atoms with E-state index < -0.39 is 10.0 Å². The molecular weight excluding hydrogens is 376 g/mol. The van der Waals surface area contributed by atoms with E-state index in [1.807, 2.05) is 6.92 Å². The van der Waals surface area contributed by atoms with Gasteiger partial charge in [0, 0.05) is 17.3 Å². The van der Waals surface area contributed by atoms with Gasteiger partial charge >= 0.3 is 0 Å². The Kier molecular flexibility index (Phi) is 5.38. The molecule has 0 spiro atoms. The number of hydrogen-bond acceptors (Lipinski definition) is 4. The van der Waals surface area contributed by atoms with Gasteiger partial charge in [-0.2, -0.15) is 0 Å². The minimum atomic E-state index is -3.65. The number of hydrogen-bond donors (Lipinski definition) is 1. The average molecular weight is 395 g/mol. The van der Waals surface area contributed by atoms with Gasteiger partial charge in [-0.1, -0.05) is 23.7 Å². The molecule has 138 valence electrons. The van der Waals surface area contributed by atoms with Crippen molar-refractivity contribution in [3.8, 4) is 5.75 Å². The molecule has 0 fully saturated rings. The predicted molar refractivity (Wildman–Crippen MR) is 101 cm³/mol. The minimum Gasteiger partial charge on any atom is -0.491 e. The zero-order chi connectivity index (χ0) is 18.7. The zero-order valence-electron chi connectivity index (χ0n) is 14.2. The van der Waals surface area contributed by atoms with E-state index in [9.17, 15) is 13.2 Å². The van der Waals surface area contributed by atoms with Gasteiger partial charge in [-0.25, -0.2) is 8.42 Å². The van der Waals surface area contributed by atoms with Crippen molar-refractivity contribution in [2.24, 2.45) is 0 Å². The van der Waals surface area contributed by atoms with E-state index >= 15 is 0 Å². The number of fused-ring (bicyclic) bond motifs is 1. The molecular formula is C18H19ClN2O4S. The molecule has 0 radical (unpaired) electrons. The Balaban J connectivity index is 1.83. The summed E-state index contributed by atoms with van der Waals surface area (Å²) in [6.07, 6.45) is 0. The van der Waals surface area contributed by atoms with Crippen LogP contribution in [0.4, 0.5) is 5.69 Å². The fraction of sp³-hybridized carbons (Fsp3) is 0.278. The van der Waals surface area contributed by atoms with Crippen molar-refractivity contribution in [1.82, 2.24) is 4.90 Å². The molecule has 0 saturated heterocycles. The first kappa shape index (κ1) is 18.5.